The zero-order valence-electron chi connectivity index (χ0n) is 13.3. The molecule has 1 aliphatic heterocycles. The van der Waals surface area contributed by atoms with Gasteiger partial charge in [-0.2, -0.15) is 5.10 Å². The molecule has 0 unspecified atom stereocenters. The SMILES string of the molecule is CC(C)c1ccc(/C=N\N=C2NC(=O)[C@@H](CC(=O)[O-])S2)cc1.[Na+]. The van der Waals surface area contributed by atoms with Gasteiger partial charge in [0.15, 0.2) is 5.17 Å². The van der Waals surface area contributed by atoms with Gasteiger partial charge in [0.2, 0.25) is 5.91 Å². The van der Waals surface area contributed by atoms with Crippen LogP contribution in [0.15, 0.2) is 34.5 Å². The molecule has 1 atom stereocenters. The van der Waals surface area contributed by atoms with Gasteiger partial charge in [-0.05, 0) is 17.0 Å². The molecular weight excluding hydrogens is 325 g/mol. The maximum atomic E-state index is 11.5. The van der Waals surface area contributed by atoms with Crippen LogP contribution < -0.4 is 40.0 Å². The first-order chi connectivity index (χ1) is 10.5. The molecule has 1 amide bonds. The fourth-order valence-electron chi connectivity index (χ4n) is 1.85. The van der Waals surface area contributed by atoms with Gasteiger partial charge in [0.25, 0.3) is 0 Å². The van der Waals surface area contributed by atoms with Crippen molar-refractivity contribution in [1.82, 2.24) is 5.32 Å². The Morgan fingerprint density at radius 2 is 2.04 bits per heavy atom. The number of rotatable bonds is 5. The third-order valence-electron chi connectivity index (χ3n) is 3.09. The Hall–Kier alpha value is -1.15. The second kappa shape index (κ2) is 9.22. The van der Waals surface area contributed by atoms with Crippen molar-refractivity contribution in [1.29, 1.82) is 0 Å². The molecule has 0 radical (unpaired) electrons. The average Bonchev–Trinajstić information content (AvgIpc) is 2.79. The number of carbonyl (C=O) groups excluding carboxylic acids is 2. The van der Waals surface area contributed by atoms with E-state index in [0.29, 0.717) is 11.1 Å². The number of aliphatic carboxylic acids is 1. The van der Waals surface area contributed by atoms with Gasteiger partial charge in [0.05, 0.1) is 11.5 Å². The molecule has 1 saturated heterocycles. The summed E-state index contributed by atoms with van der Waals surface area (Å²) in [6.45, 7) is 4.25. The first-order valence-electron chi connectivity index (χ1n) is 6.84. The van der Waals surface area contributed by atoms with Crippen LogP contribution in [-0.4, -0.2) is 28.5 Å². The van der Waals surface area contributed by atoms with E-state index in [2.05, 4.69) is 29.4 Å². The molecule has 1 heterocycles. The van der Waals surface area contributed by atoms with Gasteiger partial charge in [-0.25, -0.2) is 0 Å². The number of amidine groups is 1. The summed E-state index contributed by atoms with van der Waals surface area (Å²) in [5.41, 5.74) is 2.14. The number of amides is 1. The minimum Gasteiger partial charge on any atom is -0.550 e. The Morgan fingerprint density at radius 3 is 2.61 bits per heavy atom. The minimum atomic E-state index is -1.26. The van der Waals surface area contributed by atoms with Crippen molar-refractivity contribution in [3.05, 3.63) is 35.4 Å². The summed E-state index contributed by atoms with van der Waals surface area (Å²) in [7, 11) is 0. The van der Waals surface area contributed by atoms with Gasteiger partial charge in [0, 0.05) is 12.4 Å². The quantitative estimate of drug-likeness (QED) is 0.376. The Labute approximate surface area is 161 Å². The molecule has 8 heteroatoms. The molecule has 1 N–H and O–H groups in total. The van der Waals surface area contributed by atoms with E-state index in [1.165, 1.54) is 5.56 Å². The molecular formula is C15H16N3NaO3S. The van der Waals surface area contributed by atoms with E-state index < -0.39 is 11.2 Å². The number of hydrogen-bond acceptors (Lipinski definition) is 6. The topological polar surface area (TPSA) is 94.0 Å². The van der Waals surface area contributed by atoms with Gasteiger partial charge < -0.3 is 15.2 Å². The molecule has 0 aromatic heterocycles. The van der Waals surface area contributed by atoms with Crippen molar-refractivity contribution in [2.75, 3.05) is 0 Å². The monoisotopic (exact) mass is 341 g/mol. The summed E-state index contributed by atoms with van der Waals surface area (Å²) >= 11 is 1.04. The number of nitrogens with one attached hydrogen (secondary N) is 1. The van der Waals surface area contributed by atoms with E-state index in [1.807, 2.05) is 24.3 Å². The molecule has 116 valence electrons. The van der Waals surface area contributed by atoms with Crippen molar-refractivity contribution in [2.24, 2.45) is 10.2 Å². The number of nitrogens with zero attached hydrogens (tertiary/aromatic N) is 2. The fourth-order valence-corrected chi connectivity index (χ4v) is 2.76. The molecule has 1 fully saturated rings. The van der Waals surface area contributed by atoms with Crippen LogP contribution >= 0.6 is 11.8 Å². The first-order valence-corrected chi connectivity index (χ1v) is 7.72. The predicted octanol–water partition coefficient (Wildman–Crippen LogP) is -2.12. The standard InChI is InChI=1S/C15H17N3O3S.Na/c1-9(2)11-5-3-10(4-6-11)8-16-18-15-17-14(21)12(22-15)7-13(19)20;/h3-6,8-9,12H,7H2,1-2H3,(H,19,20)(H,17,18,21);/q;+1/p-1/b16-8-;/t12-;/m1./s1. The average molecular weight is 341 g/mol. The van der Waals surface area contributed by atoms with Gasteiger partial charge in [-0.3, -0.25) is 4.79 Å². The number of carboxylic acid groups (broad SMARTS) is 1. The minimum absolute atomic E-state index is 0. The van der Waals surface area contributed by atoms with Crippen LogP contribution in [0.5, 0.6) is 0 Å². The Balaban J connectivity index is 0.00000264. The number of benzene rings is 1. The summed E-state index contributed by atoms with van der Waals surface area (Å²) in [4.78, 5) is 22.0. The smallest absolute Gasteiger partial charge is 0.550 e. The molecule has 23 heavy (non-hydrogen) atoms. The van der Waals surface area contributed by atoms with Crippen molar-refractivity contribution in [3.8, 4) is 0 Å². The van der Waals surface area contributed by atoms with Gasteiger partial charge in [0.1, 0.15) is 0 Å². The van der Waals surface area contributed by atoms with Crippen molar-refractivity contribution >= 4 is 35.0 Å². The third-order valence-corrected chi connectivity index (χ3v) is 4.16. The van der Waals surface area contributed by atoms with Crippen LogP contribution in [0, 0.1) is 0 Å². The molecule has 0 bridgehead atoms. The molecule has 1 aromatic rings. The Bertz CT molecular complexity index is 629. The number of carbonyl (C=O) groups is 2. The number of hydrogen-bond donors (Lipinski definition) is 1. The summed E-state index contributed by atoms with van der Waals surface area (Å²) in [6.07, 6.45) is 1.24. The van der Waals surface area contributed by atoms with Gasteiger partial charge >= 0.3 is 29.6 Å². The van der Waals surface area contributed by atoms with Gasteiger partial charge in [-0.15, -0.1) is 5.10 Å². The van der Waals surface area contributed by atoms with E-state index in [1.54, 1.807) is 6.21 Å². The molecule has 1 aliphatic rings. The number of thioether (sulfide) groups is 1. The van der Waals surface area contributed by atoms with Crippen molar-refractivity contribution in [3.63, 3.8) is 0 Å². The summed E-state index contributed by atoms with van der Waals surface area (Å²) in [5, 5.41) is 20.4. The van der Waals surface area contributed by atoms with E-state index in [0.717, 1.165) is 17.3 Å². The summed E-state index contributed by atoms with van der Waals surface area (Å²) < 4.78 is 0. The Morgan fingerprint density at radius 1 is 1.39 bits per heavy atom. The fraction of sp³-hybridized carbons (Fsp3) is 0.333. The summed E-state index contributed by atoms with van der Waals surface area (Å²) in [5.74, 6) is -1.18. The molecule has 1 aromatic carbocycles. The Kier molecular flexibility index (Phi) is 7.98. The van der Waals surface area contributed by atoms with Crippen molar-refractivity contribution < 1.29 is 44.3 Å². The van der Waals surface area contributed by atoms with E-state index in [9.17, 15) is 14.7 Å². The van der Waals surface area contributed by atoms with Crippen LogP contribution in [0.25, 0.3) is 0 Å². The van der Waals surface area contributed by atoms with E-state index in [4.69, 9.17) is 0 Å². The van der Waals surface area contributed by atoms with Crippen LogP contribution in [-0.2, 0) is 9.59 Å². The summed E-state index contributed by atoms with van der Waals surface area (Å²) in [6, 6.07) is 7.94. The molecule has 0 spiro atoms. The second-order valence-electron chi connectivity index (χ2n) is 5.14. The molecule has 0 aliphatic carbocycles. The third kappa shape index (κ3) is 6.10. The van der Waals surface area contributed by atoms with Crippen LogP contribution in [0.4, 0.5) is 0 Å². The zero-order chi connectivity index (χ0) is 16.1. The maximum Gasteiger partial charge on any atom is 1.00 e. The van der Waals surface area contributed by atoms with E-state index >= 15 is 0 Å². The van der Waals surface area contributed by atoms with E-state index in [-0.39, 0.29) is 41.9 Å². The second-order valence-corrected chi connectivity index (χ2v) is 6.33. The predicted molar refractivity (Wildman–Crippen MR) is 84.7 cm³/mol. The van der Waals surface area contributed by atoms with Crippen molar-refractivity contribution in [2.45, 2.75) is 31.4 Å². The number of carboxylic acids is 1. The zero-order valence-corrected chi connectivity index (χ0v) is 16.1. The van der Waals surface area contributed by atoms with Gasteiger partial charge in [-0.1, -0.05) is 49.9 Å². The normalized spacial score (nSPS) is 19.2. The maximum absolute atomic E-state index is 11.5. The molecule has 2 rings (SSSR count). The largest absolute Gasteiger partial charge is 1.00 e. The first kappa shape index (κ1) is 19.9. The van der Waals surface area contributed by atoms with Crippen LogP contribution in [0.2, 0.25) is 0 Å². The molecule has 0 saturated carbocycles. The molecule has 6 nitrogen and oxygen atoms in total. The van der Waals surface area contributed by atoms with Crippen LogP contribution in [0.1, 0.15) is 37.3 Å². The van der Waals surface area contributed by atoms with Crippen LogP contribution in [0.3, 0.4) is 0 Å².